The zero-order valence-electron chi connectivity index (χ0n) is 13.3. The van der Waals surface area contributed by atoms with E-state index in [9.17, 15) is 8.42 Å². The monoisotopic (exact) mass is 333 g/mol. The van der Waals surface area contributed by atoms with Crippen LogP contribution in [0.1, 0.15) is 12.5 Å². The van der Waals surface area contributed by atoms with Gasteiger partial charge in [0, 0.05) is 12.6 Å². The first kappa shape index (κ1) is 17.7. The zero-order valence-corrected chi connectivity index (χ0v) is 14.1. The third-order valence-electron chi connectivity index (χ3n) is 3.42. The Labute approximate surface area is 138 Å². The molecule has 0 aromatic heterocycles. The van der Waals surface area contributed by atoms with Gasteiger partial charge in [0.05, 0.1) is 23.9 Å². The van der Waals surface area contributed by atoms with E-state index in [-0.39, 0.29) is 11.8 Å². The van der Waals surface area contributed by atoms with Crippen LogP contribution in [0.15, 0.2) is 65.6 Å². The van der Waals surface area contributed by atoms with Crippen molar-refractivity contribution < 1.29 is 13.2 Å². The predicted molar refractivity (Wildman–Crippen MR) is 92.1 cm³/mol. The zero-order chi connectivity index (χ0) is 16.5. The molecule has 0 saturated carbocycles. The molecule has 2 rings (SSSR count). The molecular formula is C18H23NO3S. The number of ether oxygens (including phenoxy) is 1. The Balaban J connectivity index is 1.68. The van der Waals surface area contributed by atoms with Crippen molar-refractivity contribution in [1.82, 2.24) is 5.32 Å². The quantitative estimate of drug-likeness (QED) is 0.717. The molecule has 0 aliphatic carbocycles. The molecule has 23 heavy (non-hydrogen) atoms. The fourth-order valence-electron chi connectivity index (χ4n) is 2.25. The second kappa shape index (κ2) is 8.82. The molecule has 1 N–H and O–H groups in total. The summed E-state index contributed by atoms with van der Waals surface area (Å²) in [6.45, 7) is 3.61. The van der Waals surface area contributed by atoms with Gasteiger partial charge < -0.3 is 10.1 Å². The highest BCUT2D eigenvalue weighted by molar-refractivity contribution is 7.91. The van der Waals surface area contributed by atoms with Crippen LogP contribution in [0.25, 0.3) is 0 Å². The predicted octanol–water partition coefficient (Wildman–Crippen LogP) is 2.66. The van der Waals surface area contributed by atoms with E-state index >= 15 is 0 Å². The van der Waals surface area contributed by atoms with E-state index < -0.39 is 9.84 Å². The highest BCUT2D eigenvalue weighted by Crippen LogP contribution is 2.11. The van der Waals surface area contributed by atoms with E-state index in [2.05, 4.69) is 5.32 Å². The summed E-state index contributed by atoms with van der Waals surface area (Å²) >= 11 is 0. The van der Waals surface area contributed by atoms with Crippen LogP contribution in [-0.2, 0) is 21.2 Å². The van der Waals surface area contributed by atoms with Crippen LogP contribution < -0.4 is 5.32 Å². The van der Waals surface area contributed by atoms with Gasteiger partial charge in [0.2, 0.25) is 0 Å². The molecule has 5 heteroatoms. The lowest BCUT2D eigenvalue weighted by Crippen LogP contribution is -2.35. The van der Waals surface area contributed by atoms with E-state index in [4.69, 9.17) is 4.74 Å². The lowest BCUT2D eigenvalue weighted by molar-refractivity contribution is 0.121. The van der Waals surface area contributed by atoms with Crippen molar-refractivity contribution in [2.45, 2.75) is 24.5 Å². The molecule has 0 fully saturated rings. The maximum Gasteiger partial charge on any atom is 0.179 e. The first-order chi connectivity index (χ1) is 11.1. The standard InChI is InChI=1S/C18H23NO3S/c1-16(15-23(20,21)18-10-6-3-7-11-18)19-12-13-22-14-17-8-4-2-5-9-17/h2-11,16,19H,12-15H2,1H3. The van der Waals surface area contributed by atoms with Crippen molar-refractivity contribution >= 4 is 9.84 Å². The van der Waals surface area contributed by atoms with Crippen LogP contribution in [0.5, 0.6) is 0 Å². The Morgan fingerprint density at radius 1 is 1.00 bits per heavy atom. The largest absolute Gasteiger partial charge is 0.375 e. The average molecular weight is 333 g/mol. The lowest BCUT2D eigenvalue weighted by Gasteiger charge is -2.14. The second-order valence-corrected chi connectivity index (χ2v) is 7.52. The smallest absolute Gasteiger partial charge is 0.179 e. The summed E-state index contributed by atoms with van der Waals surface area (Å²) < 4.78 is 30.1. The average Bonchev–Trinajstić information content (AvgIpc) is 2.56. The van der Waals surface area contributed by atoms with Crippen molar-refractivity contribution in [3.05, 3.63) is 66.2 Å². The Morgan fingerprint density at radius 2 is 1.61 bits per heavy atom. The van der Waals surface area contributed by atoms with Gasteiger partial charge in [-0.25, -0.2) is 8.42 Å². The first-order valence-corrected chi connectivity index (χ1v) is 9.36. The summed E-state index contributed by atoms with van der Waals surface area (Å²) in [5.74, 6) is 0.0791. The van der Waals surface area contributed by atoms with E-state index in [0.717, 1.165) is 5.56 Å². The molecule has 0 aliphatic rings. The molecule has 2 aromatic rings. The number of hydrogen-bond donors (Lipinski definition) is 1. The topological polar surface area (TPSA) is 55.4 Å². The van der Waals surface area contributed by atoms with Gasteiger partial charge in [-0.1, -0.05) is 48.5 Å². The molecule has 0 heterocycles. The van der Waals surface area contributed by atoms with Crippen molar-refractivity contribution in [2.24, 2.45) is 0 Å². The summed E-state index contributed by atoms with van der Waals surface area (Å²) in [6, 6.07) is 18.4. The second-order valence-electron chi connectivity index (χ2n) is 5.49. The van der Waals surface area contributed by atoms with Crippen LogP contribution in [0, 0.1) is 0 Å². The molecule has 0 saturated heterocycles. The minimum atomic E-state index is -3.25. The summed E-state index contributed by atoms with van der Waals surface area (Å²) in [5, 5.41) is 3.19. The van der Waals surface area contributed by atoms with Crippen LogP contribution >= 0.6 is 0 Å². The third-order valence-corrected chi connectivity index (χ3v) is 5.35. The Bertz CT molecular complexity index is 672. The highest BCUT2D eigenvalue weighted by atomic mass is 32.2. The third kappa shape index (κ3) is 6.14. The SMILES string of the molecule is CC(CS(=O)(=O)c1ccccc1)NCCOCc1ccccc1. The first-order valence-electron chi connectivity index (χ1n) is 7.71. The molecule has 0 amide bonds. The summed E-state index contributed by atoms with van der Waals surface area (Å²) in [7, 11) is -3.25. The van der Waals surface area contributed by atoms with Crippen molar-refractivity contribution in [3.63, 3.8) is 0 Å². The molecule has 1 atom stereocenters. The van der Waals surface area contributed by atoms with Crippen molar-refractivity contribution in [2.75, 3.05) is 18.9 Å². The summed E-state index contributed by atoms with van der Waals surface area (Å²) in [6.07, 6.45) is 0. The lowest BCUT2D eigenvalue weighted by atomic mass is 10.2. The molecule has 0 radical (unpaired) electrons. The van der Waals surface area contributed by atoms with E-state index in [1.54, 1.807) is 24.3 Å². The molecular weight excluding hydrogens is 310 g/mol. The highest BCUT2D eigenvalue weighted by Gasteiger charge is 2.17. The van der Waals surface area contributed by atoms with Gasteiger partial charge in [0.25, 0.3) is 0 Å². The van der Waals surface area contributed by atoms with Gasteiger partial charge in [-0.3, -0.25) is 0 Å². The maximum absolute atomic E-state index is 12.2. The molecule has 2 aromatic carbocycles. The molecule has 1 unspecified atom stereocenters. The minimum absolute atomic E-state index is 0.0791. The van der Waals surface area contributed by atoms with Crippen LogP contribution in [0.3, 0.4) is 0 Å². The van der Waals surface area contributed by atoms with Gasteiger partial charge in [-0.05, 0) is 24.6 Å². The Kier molecular flexibility index (Phi) is 6.77. The molecule has 0 aliphatic heterocycles. The number of benzene rings is 2. The van der Waals surface area contributed by atoms with Crippen LogP contribution in [0.4, 0.5) is 0 Å². The Morgan fingerprint density at radius 3 is 2.26 bits per heavy atom. The number of sulfone groups is 1. The van der Waals surface area contributed by atoms with Gasteiger partial charge in [-0.15, -0.1) is 0 Å². The van der Waals surface area contributed by atoms with Gasteiger partial charge in [0.1, 0.15) is 0 Å². The van der Waals surface area contributed by atoms with E-state index in [1.165, 1.54) is 0 Å². The Hall–Kier alpha value is -1.69. The molecule has 0 bridgehead atoms. The van der Waals surface area contributed by atoms with Gasteiger partial charge >= 0.3 is 0 Å². The van der Waals surface area contributed by atoms with Gasteiger partial charge in [-0.2, -0.15) is 0 Å². The van der Waals surface area contributed by atoms with Crippen LogP contribution in [0.2, 0.25) is 0 Å². The normalized spacial score (nSPS) is 12.9. The summed E-state index contributed by atoms with van der Waals surface area (Å²) in [5.41, 5.74) is 1.13. The van der Waals surface area contributed by atoms with Crippen molar-refractivity contribution in [1.29, 1.82) is 0 Å². The fraction of sp³-hybridized carbons (Fsp3) is 0.333. The number of hydrogen-bond acceptors (Lipinski definition) is 4. The molecule has 124 valence electrons. The summed E-state index contributed by atoms with van der Waals surface area (Å²) in [4.78, 5) is 0.369. The fourth-order valence-corrected chi connectivity index (χ4v) is 3.79. The minimum Gasteiger partial charge on any atom is -0.375 e. The number of nitrogens with one attached hydrogen (secondary N) is 1. The number of rotatable bonds is 9. The maximum atomic E-state index is 12.2. The molecule has 0 spiro atoms. The van der Waals surface area contributed by atoms with Crippen molar-refractivity contribution in [3.8, 4) is 0 Å². The van der Waals surface area contributed by atoms with E-state index in [0.29, 0.717) is 24.7 Å². The molecule has 4 nitrogen and oxygen atoms in total. The van der Waals surface area contributed by atoms with Crippen LogP contribution in [-0.4, -0.2) is 33.4 Å². The van der Waals surface area contributed by atoms with E-state index in [1.807, 2.05) is 43.3 Å². The van der Waals surface area contributed by atoms with Gasteiger partial charge in [0.15, 0.2) is 9.84 Å².